The van der Waals surface area contributed by atoms with Crippen molar-refractivity contribution in [3.63, 3.8) is 0 Å². The zero-order valence-electron chi connectivity index (χ0n) is 7.19. The molecule has 0 heterocycles. The second-order valence-electron chi connectivity index (χ2n) is 2.85. The number of benzene rings is 1. The van der Waals surface area contributed by atoms with E-state index in [1.54, 1.807) is 0 Å². The molecule has 0 spiro atoms. The fraction of sp³-hybridized carbons (Fsp3) is 0.300. The molecule has 0 aliphatic carbocycles. The lowest BCUT2D eigenvalue weighted by Crippen LogP contribution is -1.93. The summed E-state index contributed by atoms with van der Waals surface area (Å²) in [4.78, 5) is 0. The Kier molecular flexibility index (Phi) is 3.10. The van der Waals surface area contributed by atoms with E-state index in [1.807, 2.05) is 0 Å². The van der Waals surface area contributed by atoms with Gasteiger partial charge >= 0.3 is 0 Å². The molecule has 0 bridgehead atoms. The maximum absolute atomic E-state index is 8.59. The highest BCUT2D eigenvalue weighted by Gasteiger charge is 2.02. The highest BCUT2D eigenvalue weighted by molar-refractivity contribution is 14.1. The SMILES string of the molecule is Cc1cc(I)cc(C)c1CC#N. The van der Waals surface area contributed by atoms with Gasteiger partial charge in [-0.25, -0.2) is 0 Å². The molecule has 0 aliphatic rings. The van der Waals surface area contributed by atoms with Crippen LogP contribution in [0.1, 0.15) is 16.7 Å². The van der Waals surface area contributed by atoms with Gasteiger partial charge in [0, 0.05) is 3.57 Å². The van der Waals surface area contributed by atoms with E-state index in [-0.39, 0.29) is 0 Å². The third kappa shape index (κ3) is 1.98. The summed E-state index contributed by atoms with van der Waals surface area (Å²) in [6, 6.07) is 6.41. The van der Waals surface area contributed by atoms with Gasteiger partial charge < -0.3 is 0 Å². The first kappa shape index (κ1) is 9.53. The Bertz CT molecular complexity index is 313. The zero-order chi connectivity index (χ0) is 9.14. The minimum absolute atomic E-state index is 0.522. The zero-order valence-corrected chi connectivity index (χ0v) is 9.34. The van der Waals surface area contributed by atoms with Gasteiger partial charge in [0.2, 0.25) is 0 Å². The van der Waals surface area contributed by atoms with Crippen LogP contribution in [-0.4, -0.2) is 0 Å². The van der Waals surface area contributed by atoms with E-state index in [0.29, 0.717) is 6.42 Å². The molecule has 0 aliphatic heterocycles. The highest BCUT2D eigenvalue weighted by atomic mass is 127. The van der Waals surface area contributed by atoms with Crippen molar-refractivity contribution < 1.29 is 0 Å². The molecule has 62 valence electrons. The van der Waals surface area contributed by atoms with Crippen LogP contribution in [0.25, 0.3) is 0 Å². The van der Waals surface area contributed by atoms with Gasteiger partial charge in [-0.3, -0.25) is 0 Å². The third-order valence-corrected chi connectivity index (χ3v) is 2.54. The largest absolute Gasteiger partial charge is 0.198 e. The molecule has 1 rings (SSSR count). The monoisotopic (exact) mass is 271 g/mol. The van der Waals surface area contributed by atoms with Gasteiger partial charge in [0.15, 0.2) is 0 Å². The second-order valence-corrected chi connectivity index (χ2v) is 4.10. The molecule has 0 saturated heterocycles. The lowest BCUT2D eigenvalue weighted by molar-refractivity contribution is 1.16. The Balaban J connectivity index is 3.21. The fourth-order valence-corrected chi connectivity index (χ4v) is 2.23. The van der Waals surface area contributed by atoms with Crippen molar-refractivity contribution in [3.05, 3.63) is 32.4 Å². The molecule has 0 atom stereocenters. The molecular weight excluding hydrogens is 261 g/mol. The van der Waals surface area contributed by atoms with Crippen LogP contribution >= 0.6 is 22.6 Å². The van der Waals surface area contributed by atoms with E-state index in [1.165, 1.54) is 20.3 Å². The van der Waals surface area contributed by atoms with Crippen molar-refractivity contribution in [2.24, 2.45) is 0 Å². The Hall–Kier alpha value is -0.560. The maximum Gasteiger partial charge on any atom is 0.0669 e. The molecule has 1 aromatic rings. The van der Waals surface area contributed by atoms with Crippen molar-refractivity contribution in [2.45, 2.75) is 20.3 Å². The quantitative estimate of drug-likeness (QED) is 0.720. The topological polar surface area (TPSA) is 23.8 Å². The second kappa shape index (κ2) is 3.90. The first-order chi connectivity index (χ1) is 5.65. The number of aryl methyl sites for hydroxylation is 2. The number of nitrogens with zero attached hydrogens (tertiary/aromatic N) is 1. The first-order valence-electron chi connectivity index (χ1n) is 3.77. The summed E-state index contributed by atoms with van der Waals surface area (Å²) in [7, 11) is 0. The van der Waals surface area contributed by atoms with E-state index in [9.17, 15) is 0 Å². The standard InChI is InChI=1S/C10H10IN/c1-7-5-9(11)6-8(2)10(7)3-4-12/h5-6H,3H2,1-2H3. The summed E-state index contributed by atoms with van der Waals surface area (Å²) in [5, 5.41) is 8.59. The van der Waals surface area contributed by atoms with E-state index < -0.39 is 0 Å². The van der Waals surface area contributed by atoms with Gasteiger partial charge in [-0.15, -0.1) is 0 Å². The predicted molar refractivity (Wildman–Crippen MR) is 58.0 cm³/mol. The lowest BCUT2D eigenvalue weighted by atomic mass is 10.0. The summed E-state index contributed by atoms with van der Waals surface area (Å²) < 4.78 is 1.24. The van der Waals surface area contributed by atoms with Crippen LogP contribution in [0.3, 0.4) is 0 Å². The third-order valence-electron chi connectivity index (χ3n) is 1.92. The van der Waals surface area contributed by atoms with E-state index in [0.717, 1.165) is 0 Å². The minimum atomic E-state index is 0.522. The number of rotatable bonds is 1. The Morgan fingerprint density at radius 3 is 2.25 bits per heavy atom. The fourth-order valence-electron chi connectivity index (χ4n) is 1.30. The minimum Gasteiger partial charge on any atom is -0.198 e. The van der Waals surface area contributed by atoms with Crippen molar-refractivity contribution in [1.82, 2.24) is 0 Å². The average molecular weight is 271 g/mol. The summed E-state index contributed by atoms with van der Waals surface area (Å²) in [6.45, 7) is 4.11. The first-order valence-corrected chi connectivity index (χ1v) is 4.85. The molecule has 12 heavy (non-hydrogen) atoms. The van der Waals surface area contributed by atoms with Gasteiger partial charge in [0.05, 0.1) is 12.5 Å². The molecule has 0 radical (unpaired) electrons. The summed E-state index contributed by atoms with van der Waals surface area (Å²) in [5.74, 6) is 0. The maximum atomic E-state index is 8.59. The average Bonchev–Trinajstić information content (AvgIpc) is 1.96. The van der Waals surface area contributed by atoms with Crippen LogP contribution in [0.15, 0.2) is 12.1 Å². The van der Waals surface area contributed by atoms with Crippen LogP contribution in [0, 0.1) is 28.7 Å². The molecule has 0 N–H and O–H groups in total. The lowest BCUT2D eigenvalue weighted by Gasteiger charge is -2.06. The van der Waals surface area contributed by atoms with Crippen LogP contribution in [0.5, 0.6) is 0 Å². The Morgan fingerprint density at radius 2 is 1.83 bits per heavy atom. The van der Waals surface area contributed by atoms with E-state index in [4.69, 9.17) is 5.26 Å². The molecule has 0 unspecified atom stereocenters. The highest BCUT2D eigenvalue weighted by Crippen LogP contribution is 2.18. The molecule has 0 fully saturated rings. The molecular formula is C10H10IN. The van der Waals surface area contributed by atoms with Crippen molar-refractivity contribution in [2.75, 3.05) is 0 Å². The smallest absolute Gasteiger partial charge is 0.0669 e. The summed E-state index contributed by atoms with van der Waals surface area (Å²) >= 11 is 2.29. The van der Waals surface area contributed by atoms with Crippen molar-refractivity contribution >= 4 is 22.6 Å². The Labute approximate surface area is 86.5 Å². The number of hydrogen-bond donors (Lipinski definition) is 0. The van der Waals surface area contributed by atoms with E-state index >= 15 is 0 Å². The number of nitriles is 1. The predicted octanol–water partition coefficient (Wildman–Crippen LogP) is 2.97. The summed E-state index contributed by atoms with van der Waals surface area (Å²) in [6.07, 6.45) is 0.522. The van der Waals surface area contributed by atoms with Gasteiger partial charge in [0.1, 0.15) is 0 Å². The van der Waals surface area contributed by atoms with Crippen LogP contribution < -0.4 is 0 Å². The van der Waals surface area contributed by atoms with Gasteiger partial charge in [-0.1, -0.05) is 0 Å². The van der Waals surface area contributed by atoms with E-state index in [2.05, 4.69) is 54.6 Å². The molecule has 1 nitrogen and oxygen atoms in total. The molecule has 0 saturated carbocycles. The molecule has 0 aromatic heterocycles. The van der Waals surface area contributed by atoms with Gasteiger partial charge in [-0.05, 0) is 65.3 Å². The molecule has 1 aromatic carbocycles. The van der Waals surface area contributed by atoms with Crippen molar-refractivity contribution in [1.29, 1.82) is 5.26 Å². The van der Waals surface area contributed by atoms with Crippen molar-refractivity contribution in [3.8, 4) is 6.07 Å². The van der Waals surface area contributed by atoms with Gasteiger partial charge in [0.25, 0.3) is 0 Å². The van der Waals surface area contributed by atoms with Crippen LogP contribution in [0.2, 0.25) is 0 Å². The van der Waals surface area contributed by atoms with Gasteiger partial charge in [-0.2, -0.15) is 5.26 Å². The summed E-state index contributed by atoms with van der Waals surface area (Å²) in [5.41, 5.74) is 3.62. The molecule has 0 amide bonds. The number of hydrogen-bond acceptors (Lipinski definition) is 1. The van der Waals surface area contributed by atoms with Crippen LogP contribution in [0.4, 0.5) is 0 Å². The van der Waals surface area contributed by atoms with Crippen LogP contribution in [-0.2, 0) is 6.42 Å². The number of halogens is 1. The normalized spacial score (nSPS) is 9.50. The Morgan fingerprint density at radius 1 is 1.33 bits per heavy atom. The molecule has 2 heteroatoms.